The molecule has 0 spiro atoms. The summed E-state index contributed by atoms with van der Waals surface area (Å²) in [6.45, 7) is 4.80. The minimum absolute atomic E-state index is 0. The summed E-state index contributed by atoms with van der Waals surface area (Å²) in [5, 5.41) is 6.19. The standard InChI is InChI=1S/C15H29F3N4O4S.HI/c1-3-19-14(20-6-9-26-11-10-25-2)21-12-13-4-7-22(8-5-13)27(23,24)15(16,17)18;/h13H,3-12H2,1-2H3,(H2,19,20,21);1H. The first kappa shape index (κ1) is 27.6. The number of nitrogens with one attached hydrogen (secondary N) is 2. The topological polar surface area (TPSA) is 92.3 Å². The number of piperidine rings is 1. The molecule has 0 aromatic heterocycles. The van der Waals surface area contributed by atoms with Crippen LogP contribution in [0.25, 0.3) is 0 Å². The summed E-state index contributed by atoms with van der Waals surface area (Å²) in [6.07, 6.45) is 0.691. The van der Waals surface area contributed by atoms with Crippen molar-refractivity contribution in [2.24, 2.45) is 10.9 Å². The smallest absolute Gasteiger partial charge is 0.382 e. The fourth-order valence-electron chi connectivity index (χ4n) is 2.53. The van der Waals surface area contributed by atoms with Crippen LogP contribution in [0.3, 0.4) is 0 Å². The maximum Gasteiger partial charge on any atom is 0.511 e. The summed E-state index contributed by atoms with van der Waals surface area (Å²) in [7, 11) is -3.64. The summed E-state index contributed by atoms with van der Waals surface area (Å²) in [5.41, 5.74) is -5.24. The Balaban J connectivity index is 0.00000729. The lowest BCUT2D eigenvalue weighted by Crippen LogP contribution is -2.45. The van der Waals surface area contributed by atoms with E-state index in [4.69, 9.17) is 9.47 Å². The number of methoxy groups -OCH3 is 1. The lowest BCUT2D eigenvalue weighted by Gasteiger charge is -2.30. The van der Waals surface area contributed by atoms with Crippen LogP contribution in [0, 0.1) is 5.92 Å². The zero-order chi connectivity index (χ0) is 20.3. The number of sulfonamides is 1. The minimum Gasteiger partial charge on any atom is -0.382 e. The van der Waals surface area contributed by atoms with Gasteiger partial charge in [-0.1, -0.05) is 0 Å². The molecule has 0 aliphatic carbocycles. The van der Waals surface area contributed by atoms with Gasteiger partial charge in [0.1, 0.15) is 0 Å². The lowest BCUT2D eigenvalue weighted by atomic mass is 9.98. The van der Waals surface area contributed by atoms with Crippen molar-refractivity contribution in [3.8, 4) is 0 Å². The molecule has 0 amide bonds. The number of hydrogen-bond acceptors (Lipinski definition) is 5. The van der Waals surface area contributed by atoms with Crippen LogP contribution in [0.5, 0.6) is 0 Å². The number of guanidine groups is 1. The number of hydrogen-bond donors (Lipinski definition) is 2. The Bertz CT molecular complexity index is 556. The Hall–Kier alpha value is -0.380. The van der Waals surface area contributed by atoms with Crippen LogP contribution in [0.15, 0.2) is 4.99 Å². The van der Waals surface area contributed by atoms with Gasteiger partial charge in [0.15, 0.2) is 5.96 Å². The zero-order valence-electron chi connectivity index (χ0n) is 16.1. The van der Waals surface area contributed by atoms with E-state index < -0.39 is 15.5 Å². The van der Waals surface area contributed by atoms with E-state index in [-0.39, 0.29) is 43.0 Å². The molecule has 0 aromatic rings. The fourth-order valence-corrected chi connectivity index (χ4v) is 3.51. The second-order valence-corrected chi connectivity index (χ2v) is 7.97. The van der Waals surface area contributed by atoms with E-state index in [1.807, 2.05) is 6.92 Å². The number of halogens is 4. The van der Waals surface area contributed by atoms with Crippen molar-refractivity contribution in [2.75, 3.05) is 59.7 Å². The first-order valence-corrected chi connectivity index (χ1v) is 10.3. The van der Waals surface area contributed by atoms with Gasteiger partial charge in [-0.3, -0.25) is 4.99 Å². The van der Waals surface area contributed by atoms with E-state index in [0.29, 0.717) is 62.6 Å². The lowest BCUT2D eigenvalue weighted by molar-refractivity contribution is -0.0496. The Kier molecular flexibility index (Phi) is 13.6. The molecule has 1 fully saturated rings. The average molecular weight is 546 g/mol. The Morgan fingerprint density at radius 3 is 2.36 bits per heavy atom. The van der Waals surface area contributed by atoms with E-state index in [1.165, 1.54) is 0 Å². The molecule has 0 saturated carbocycles. The average Bonchev–Trinajstić information content (AvgIpc) is 2.62. The van der Waals surface area contributed by atoms with Crippen LogP contribution in [0.2, 0.25) is 0 Å². The molecule has 0 radical (unpaired) electrons. The van der Waals surface area contributed by atoms with Crippen molar-refractivity contribution >= 4 is 40.0 Å². The summed E-state index contributed by atoms with van der Waals surface area (Å²) < 4.78 is 71.3. The van der Waals surface area contributed by atoms with Gasteiger partial charge in [-0.2, -0.15) is 17.5 Å². The largest absolute Gasteiger partial charge is 0.511 e. The van der Waals surface area contributed by atoms with Gasteiger partial charge in [-0.25, -0.2) is 8.42 Å². The second kappa shape index (κ2) is 13.8. The number of ether oxygens (including phenoxy) is 2. The molecule has 1 aliphatic rings. The van der Waals surface area contributed by atoms with E-state index in [1.54, 1.807) is 7.11 Å². The summed E-state index contributed by atoms with van der Waals surface area (Å²) >= 11 is 0. The summed E-state index contributed by atoms with van der Waals surface area (Å²) in [6, 6.07) is 0. The van der Waals surface area contributed by atoms with E-state index in [9.17, 15) is 21.6 Å². The van der Waals surface area contributed by atoms with Crippen molar-refractivity contribution < 1.29 is 31.1 Å². The molecular formula is C15H30F3IN4O4S. The third kappa shape index (κ3) is 9.41. The highest BCUT2D eigenvalue weighted by molar-refractivity contribution is 14.0. The molecule has 0 aromatic carbocycles. The Morgan fingerprint density at radius 2 is 1.82 bits per heavy atom. The zero-order valence-corrected chi connectivity index (χ0v) is 19.3. The SMILES string of the molecule is CCNC(=NCC1CCN(S(=O)(=O)C(F)(F)F)CC1)NCCOCCOC.I. The predicted octanol–water partition coefficient (Wildman–Crippen LogP) is 1.38. The first-order valence-electron chi connectivity index (χ1n) is 8.87. The van der Waals surface area contributed by atoms with Crippen LogP contribution in [-0.4, -0.2) is 83.8 Å². The maximum absolute atomic E-state index is 12.6. The first-order chi connectivity index (χ1) is 12.7. The second-order valence-electron chi connectivity index (χ2n) is 6.04. The predicted molar refractivity (Wildman–Crippen MR) is 111 cm³/mol. The molecule has 0 atom stereocenters. The minimum atomic E-state index is -5.24. The number of nitrogens with zero attached hydrogens (tertiary/aromatic N) is 2. The monoisotopic (exact) mass is 546 g/mol. The summed E-state index contributed by atoms with van der Waals surface area (Å²) in [5.74, 6) is 0.635. The molecule has 2 N–H and O–H groups in total. The quantitative estimate of drug-likeness (QED) is 0.186. The molecule has 28 heavy (non-hydrogen) atoms. The Labute approximate surface area is 181 Å². The van der Waals surface area contributed by atoms with Crippen LogP contribution >= 0.6 is 24.0 Å². The maximum atomic E-state index is 12.6. The third-order valence-electron chi connectivity index (χ3n) is 4.03. The Morgan fingerprint density at radius 1 is 1.18 bits per heavy atom. The summed E-state index contributed by atoms with van der Waals surface area (Å²) in [4.78, 5) is 4.43. The van der Waals surface area contributed by atoms with Crippen molar-refractivity contribution in [1.82, 2.24) is 14.9 Å². The fraction of sp³-hybridized carbons (Fsp3) is 0.933. The van der Waals surface area contributed by atoms with Crippen LogP contribution in [0.4, 0.5) is 13.2 Å². The van der Waals surface area contributed by atoms with Gasteiger partial charge in [-0.05, 0) is 25.7 Å². The normalized spacial score (nSPS) is 17.2. The van der Waals surface area contributed by atoms with Crippen LogP contribution in [-0.2, 0) is 19.5 Å². The van der Waals surface area contributed by atoms with Crippen molar-refractivity contribution in [3.05, 3.63) is 0 Å². The van der Waals surface area contributed by atoms with Crippen LogP contribution < -0.4 is 10.6 Å². The molecule has 0 unspecified atom stereocenters. The number of alkyl halides is 3. The highest BCUT2D eigenvalue weighted by Crippen LogP contribution is 2.30. The molecule has 1 aliphatic heterocycles. The highest BCUT2D eigenvalue weighted by atomic mass is 127. The van der Waals surface area contributed by atoms with Crippen LogP contribution in [0.1, 0.15) is 19.8 Å². The molecule has 8 nitrogen and oxygen atoms in total. The molecule has 13 heteroatoms. The van der Waals surface area contributed by atoms with E-state index in [0.717, 1.165) is 0 Å². The molecule has 1 rings (SSSR count). The van der Waals surface area contributed by atoms with Crippen molar-refractivity contribution in [3.63, 3.8) is 0 Å². The van der Waals surface area contributed by atoms with Gasteiger partial charge in [0.25, 0.3) is 0 Å². The van der Waals surface area contributed by atoms with E-state index in [2.05, 4.69) is 15.6 Å². The van der Waals surface area contributed by atoms with E-state index >= 15 is 0 Å². The van der Waals surface area contributed by atoms with Gasteiger partial charge >= 0.3 is 15.5 Å². The van der Waals surface area contributed by atoms with Crippen molar-refractivity contribution in [1.29, 1.82) is 0 Å². The van der Waals surface area contributed by atoms with Gasteiger partial charge in [0, 0.05) is 39.8 Å². The molecular weight excluding hydrogens is 516 g/mol. The molecule has 1 heterocycles. The number of rotatable bonds is 10. The molecule has 1 saturated heterocycles. The molecule has 0 bridgehead atoms. The highest BCUT2D eigenvalue weighted by Gasteiger charge is 2.50. The van der Waals surface area contributed by atoms with Gasteiger partial charge < -0.3 is 20.1 Å². The van der Waals surface area contributed by atoms with Gasteiger partial charge in [0.2, 0.25) is 0 Å². The third-order valence-corrected chi connectivity index (χ3v) is 5.66. The van der Waals surface area contributed by atoms with Gasteiger partial charge in [-0.15, -0.1) is 24.0 Å². The van der Waals surface area contributed by atoms with Crippen molar-refractivity contribution in [2.45, 2.75) is 25.3 Å². The molecule has 168 valence electrons. The number of aliphatic imine (C=N–C) groups is 1. The van der Waals surface area contributed by atoms with Gasteiger partial charge in [0.05, 0.1) is 19.8 Å².